The second kappa shape index (κ2) is 7.65. The predicted molar refractivity (Wildman–Crippen MR) is 95.7 cm³/mol. The van der Waals surface area contributed by atoms with Crippen molar-refractivity contribution in [2.45, 2.75) is 13.8 Å². The molecule has 2 rings (SSSR count). The standard InChI is InChI=1S/C18H17FN2OS/c1-12-3-6-14(7-4-12)8-10-17(22)21-18(23)20-15-9-5-13(2)16(19)11-15/h3-11H,1-2H3,(H2,20,21,22,23). The van der Waals surface area contributed by atoms with E-state index >= 15 is 0 Å². The first-order chi connectivity index (χ1) is 10.9. The van der Waals surface area contributed by atoms with Gasteiger partial charge in [0.15, 0.2) is 5.11 Å². The van der Waals surface area contributed by atoms with Crippen LogP contribution in [0.1, 0.15) is 16.7 Å². The molecular formula is C18H17FN2OS. The number of amides is 1. The quantitative estimate of drug-likeness (QED) is 0.662. The molecule has 2 aromatic carbocycles. The van der Waals surface area contributed by atoms with E-state index in [1.807, 2.05) is 31.2 Å². The van der Waals surface area contributed by atoms with Gasteiger partial charge in [0, 0.05) is 11.8 Å². The average Bonchev–Trinajstić information content (AvgIpc) is 2.50. The molecule has 3 nitrogen and oxygen atoms in total. The Labute approximate surface area is 140 Å². The number of aryl methyl sites for hydroxylation is 2. The van der Waals surface area contributed by atoms with Gasteiger partial charge in [-0.1, -0.05) is 35.9 Å². The summed E-state index contributed by atoms with van der Waals surface area (Å²) in [5.74, 6) is -0.681. The van der Waals surface area contributed by atoms with Crippen LogP contribution in [0.3, 0.4) is 0 Å². The van der Waals surface area contributed by atoms with Gasteiger partial charge in [-0.25, -0.2) is 4.39 Å². The van der Waals surface area contributed by atoms with E-state index in [0.29, 0.717) is 11.3 Å². The fourth-order valence-corrected chi connectivity index (χ4v) is 2.05. The number of thiocarbonyl (C=S) groups is 1. The summed E-state index contributed by atoms with van der Waals surface area (Å²) in [7, 11) is 0. The zero-order chi connectivity index (χ0) is 16.8. The van der Waals surface area contributed by atoms with Crippen LogP contribution in [-0.2, 0) is 4.79 Å². The van der Waals surface area contributed by atoms with Crippen LogP contribution in [0.15, 0.2) is 48.5 Å². The van der Waals surface area contributed by atoms with E-state index in [2.05, 4.69) is 10.6 Å². The topological polar surface area (TPSA) is 41.1 Å². The lowest BCUT2D eigenvalue weighted by Crippen LogP contribution is -2.32. The minimum atomic E-state index is -0.351. The van der Waals surface area contributed by atoms with Gasteiger partial charge in [0.2, 0.25) is 5.91 Å². The zero-order valence-corrected chi connectivity index (χ0v) is 13.7. The number of rotatable bonds is 3. The largest absolute Gasteiger partial charge is 0.332 e. The highest BCUT2D eigenvalue weighted by Crippen LogP contribution is 2.13. The summed E-state index contributed by atoms with van der Waals surface area (Å²) in [6, 6.07) is 12.4. The molecule has 0 aliphatic heterocycles. The molecule has 118 valence electrons. The first-order valence-corrected chi connectivity index (χ1v) is 7.48. The first-order valence-electron chi connectivity index (χ1n) is 7.07. The summed E-state index contributed by atoms with van der Waals surface area (Å²) >= 11 is 5.04. The van der Waals surface area contributed by atoms with Crippen molar-refractivity contribution < 1.29 is 9.18 Å². The molecule has 0 spiro atoms. The lowest BCUT2D eigenvalue weighted by molar-refractivity contribution is -0.115. The van der Waals surface area contributed by atoms with Crippen LogP contribution in [0.2, 0.25) is 0 Å². The maximum Gasteiger partial charge on any atom is 0.250 e. The zero-order valence-electron chi connectivity index (χ0n) is 12.9. The molecule has 0 saturated carbocycles. The van der Waals surface area contributed by atoms with Crippen molar-refractivity contribution in [2.75, 3.05) is 5.32 Å². The Morgan fingerprint density at radius 2 is 1.83 bits per heavy atom. The Balaban J connectivity index is 1.90. The number of carbonyl (C=O) groups is 1. The Hall–Kier alpha value is -2.53. The Kier molecular flexibility index (Phi) is 5.60. The predicted octanol–water partition coefficient (Wildman–Crippen LogP) is 3.97. The average molecular weight is 328 g/mol. The second-order valence-corrected chi connectivity index (χ2v) is 5.56. The molecule has 0 radical (unpaired) electrons. The van der Waals surface area contributed by atoms with Crippen LogP contribution < -0.4 is 10.6 Å². The number of halogens is 1. The Bertz CT molecular complexity index is 754. The SMILES string of the molecule is Cc1ccc(C=CC(=O)NC(=S)Nc2ccc(C)c(F)c2)cc1. The molecular weight excluding hydrogens is 311 g/mol. The highest BCUT2D eigenvalue weighted by molar-refractivity contribution is 7.80. The maximum absolute atomic E-state index is 13.4. The number of benzene rings is 2. The van der Waals surface area contributed by atoms with Crippen LogP contribution >= 0.6 is 12.2 Å². The molecule has 0 heterocycles. The number of nitrogens with one attached hydrogen (secondary N) is 2. The third kappa shape index (κ3) is 5.30. The van der Waals surface area contributed by atoms with Gasteiger partial charge in [-0.3, -0.25) is 10.1 Å². The number of anilines is 1. The molecule has 2 aromatic rings. The van der Waals surface area contributed by atoms with Crippen LogP contribution in [0.4, 0.5) is 10.1 Å². The van der Waals surface area contributed by atoms with Crippen molar-refractivity contribution in [1.82, 2.24) is 5.32 Å². The molecule has 5 heteroatoms. The van der Waals surface area contributed by atoms with Crippen LogP contribution in [0.25, 0.3) is 6.08 Å². The molecule has 1 amide bonds. The lowest BCUT2D eigenvalue weighted by Gasteiger charge is -2.08. The molecule has 2 N–H and O–H groups in total. The van der Waals surface area contributed by atoms with Crippen molar-refractivity contribution >= 4 is 35.0 Å². The summed E-state index contributed by atoms with van der Waals surface area (Å²) in [4.78, 5) is 11.8. The fraction of sp³-hybridized carbons (Fsp3) is 0.111. The van der Waals surface area contributed by atoms with E-state index in [1.54, 1.807) is 25.1 Å². The number of carbonyl (C=O) groups excluding carboxylic acids is 1. The van der Waals surface area contributed by atoms with Crippen molar-refractivity contribution in [3.05, 3.63) is 71.0 Å². The minimum absolute atomic E-state index is 0.117. The normalized spacial score (nSPS) is 10.6. The summed E-state index contributed by atoms with van der Waals surface area (Å²) in [6.45, 7) is 3.67. The highest BCUT2D eigenvalue weighted by atomic mass is 32.1. The summed E-state index contributed by atoms with van der Waals surface area (Å²) in [6.07, 6.45) is 3.09. The lowest BCUT2D eigenvalue weighted by atomic mass is 10.1. The van der Waals surface area contributed by atoms with E-state index < -0.39 is 0 Å². The minimum Gasteiger partial charge on any atom is -0.332 e. The van der Waals surface area contributed by atoms with Crippen LogP contribution in [0, 0.1) is 19.7 Å². The van der Waals surface area contributed by atoms with Gasteiger partial charge in [-0.15, -0.1) is 0 Å². The fourth-order valence-electron chi connectivity index (χ4n) is 1.84. The molecule has 23 heavy (non-hydrogen) atoms. The van der Waals surface area contributed by atoms with Crippen molar-refractivity contribution in [1.29, 1.82) is 0 Å². The van der Waals surface area contributed by atoms with Crippen LogP contribution in [0.5, 0.6) is 0 Å². The van der Waals surface area contributed by atoms with Gasteiger partial charge >= 0.3 is 0 Å². The first kappa shape index (κ1) is 16.8. The monoisotopic (exact) mass is 328 g/mol. The molecule has 0 unspecified atom stereocenters. The molecule has 0 fully saturated rings. The third-order valence-corrected chi connectivity index (χ3v) is 3.38. The van der Waals surface area contributed by atoms with Gasteiger partial charge in [-0.05, 0) is 55.4 Å². The van der Waals surface area contributed by atoms with Crippen molar-refractivity contribution in [3.63, 3.8) is 0 Å². The van der Waals surface area contributed by atoms with Gasteiger partial charge in [0.1, 0.15) is 5.82 Å². The van der Waals surface area contributed by atoms with Crippen molar-refractivity contribution in [3.8, 4) is 0 Å². The molecule has 0 aliphatic carbocycles. The van der Waals surface area contributed by atoms with E-state index in [4.69, 9.17) is 12.2 Å². The Morgan fingerprint density at radius 1 is 1.13 bits per heavy atom. The van der Waals surface area contributed by atoms with E-state index in [0.717, 1.165) is 11.1 Å². The molecule has 0 aliphatic rings. The third-order valence-electron chi connectivity index (χ3n) is 3.17. The van der Waals surface area contributed by atoms with E-state index in [-0.39, 0.29) is 16.8 Å². The molecule has 0 saturated heterocycles. The Morgan fingerprint density at radius 3 is 2.48 bits per heavy atom. The molecule has 0 atom stereocenters. The highest BCUT2D eigenvalue weighted by Gasteiger charge is 2.04. The van der Waals surface area contributed by atoms with Gasteiger partial charge in [0.05, 0.1) is 0 Å². The number of hydrogen-bond acceptors (Lipinski definition) is 2. The summed E-state index contributed by atoms with van der Waals surface area (Å²) < 4.78 is 13.4. The maximum atomic E-state index is 13.4. The van der Waals surface area contributed by atoms with E-state index in [1.165, 1.54) is 12.1 Å². The smallest absolute Gasteiger partial charge is 0.250 e. The molecule has 0 aromatic heterocycles. The van der Waals surface area contributed by atoms with Crippen molar-refractivity contribution in [2.24, 2.45) is 0 Å². The second-order valence-electron chi connectivity index (χ2n) is 5.15. The molecule has 0 bridgehead atoms. The van der Waals surface area contributed by atoms with Gasteiger partial charge in [0.25, 0.3) is 0 Å². The summed E-state index contributed by atoms with van der Waals surface area (Å²) in [5, 5.41) is 5.41. The number of hydrogen-bond donors (Lipinski definition) is 2. The van der Waals surface area contributed by atoms with Gasteiger partial charge in [-0.2, -0.15) is 0 Å². The summed E-state index contributed by atoms with van der Waals surface area (Å²) in [5.41, 5.74) is 3.11. The van der Waals surface area contributed by atoms with Gasteiger partial charge < -0.3 is 5.32 Å². The van der Waals surface area contributed by atoms with Crippen LogP contribution in [-0.4, -0.2) is 11.0 Å². The van der Waals surface area contributed by atoms with E-state index in [9.17, 15) is 9.18 Å².